The number of methoxy groups -OCH3 is 2. The zero-order valence-electron chi connectivity index (χ0n) is 42.5. The van der Waals surface area contributed by atoms with Crippen LogP contribution >= 0.6 is 7.60 Å². The molecule has 69 heavy (non-hydrogen) atoms. The fourth-order valence-corrected chi connectivity index (χ4v) is 10.4. The molecule has 2 saturated heterocycles. The molecule has 3 aliphatic rings. The number of hydrogen-bond donors (Lipinski definition) is 3. The zero-order chi connectivity index (χ0) is 51.2. The Hall–Kier alpha value is -4.68. The molecule has 1 aromatic carbocycles. The van der Waals surface area contributed by atoms with E-state index in [-0.39, 0.29) is 54.2 Å². The summed E-state index contributed by atoms with van der Waals surface area (Å²) in [5.74, 6) is -3.53. The van der Waals surface area contributed by atoms with Crippen molar-refractivity contribution in [2.45, 2.75) is 129 Å². The lowest BCUT2D eigenvalue weighted by Gasteiger charge is -2.41. The van der Waals surface area contributed by atoms with Gasteiger partial charge >= 0.3 is 7.60 Å². The number of piperazine rings is 1. The third-order valence-electron chi connectivity index (χ3n) is 13.9. The van der Waals surface area contributed by atoms with E-state index in [0.29, 0.717) is 89.3 Å². The van der Waals surface area contributed by atoms with E-state index < -0.39 is 55.5 Å². The molecule has 386 valence electrons. The third kappa shape index (κ3) is 15.4. The average Bonchev–Trinajstić information content (AvgIpc) is 3.93. The van der Waals surface area contributed by atoms with Gasteiger partial charge in [0, 0.05) is 99.6 Å². The van der Waals surface area contributed by atoms with E-state index in [0.717, 1.165) is 6.42 Å². The van der Waals surface area contributed by atoms with Gasteiger partial charge in [0.1, 0.15) is 11.8 Å². The van der Waals surface area contributed by atoms with Gasteiger partial charge in [-0.15, -0.1) is 0 Å². The van der Waals surface area contributed by atoms with Crippen molar-refractivity contribution in [3.63, 3.8) is 0 Å². The Morgan fingerprint density at radius 2 is 1.49 bits per heavy atom. The summed E-state index contributed by atoms with van der Waals surface area (Å²) >= 11 is 0. The van der Waals surface area contributed by atoms with Crippen LogP contribution in [-0.4, -0.2) is 191 Å². The quantitative estimate of drug-likeness (QED) is 0.0446. The number of likely N-dealkylation sites (N-methyl/N-ethyl adjacent to an activating group) is 1. The Labute approximate surface area is 409 Å². The topological polar surface area (TPSA) is 222 Å². The van der Waals surface area contributed by atoms with Crippen LogP contribution in [-0.2, 0) is 49.2 Å². The van der Waals surface area contributed by atoms with Gasteiger partial charge in [0.25, 0.3) is 11.8 Å². The number of aliphatic imine (C=N–C) groups is 1. The van der Waals surface area contributed by atoms with E-state index >= 15 is 0 Å². The van der Waals surface area contributed by atoms with Gasteiger partial charge < -0.3 is 49.1 Å². The number of hydrogen-bond acceptors (Lipinski definition) is 10. The summed E-state index contributed by atoms with van der Waals surface area (Å²) in [5.41, 5.74) is 0.658. The molecule has 3 heterocycles. The van der Waals surface area contributed by atoms with E-state index in [2.05, 4.69) is 10.2 Å². The first-order chi connectivity index (χ1) is 32.6. The number of guanidine groups is 1. The molecule has 2 fully saturated rings. The highest BCUT2D eigenvalue weighted by Crippen LogP contribution is 2.41. The van der Waals surface area contributed by atoms with Crippen molar-refractivity contribution in [1.82, 2.24) is 34.7 Å². The van der Waals surface area contributed by atoms with E-state index in [9.17, 15) is 43.1 Å². The molecule has 3 aliphatic heterocycles. The normalized spacial score (nSPS) is 19.9. The summed E-state index contributed by atoms with van der Waals surface area (Å²) in [6.45, 7) is 12.4. The number of carbonyl (C=O) groups is 6. The molecular formula is C49H79N8O11P. The Balaban J connectivity index is 1.42. The van der Waals surface area contributed by atoms with Crippen molar-refractivity contribution in [1.29, 1.82) is 0 Å². The molecule has 0 saturated carbocycles. The van der Waals surface area contributed by atoms with E-state index in [1.165, 1.54) is 31.3 Å². The number of likely N-dealkylation sites (tertiary alicyclic amines) is 1. The number of nitrogens with one attached hydrogen (secondary N) is 1. The van der Waals surface area contributed by atoms with Gasteiger partial charge in [-0.3, -0.25) is 38.2 Å². The van der Waals surface area contributed by atoms with E-state index in [1.807, 2.05) is 51.6 Å². The van der Waals surface area contributed by atoms with Crippen LogP contribution in [0.3, 0.4) is 0 Å². The molecule has 0 unspecified atom stereocenters. The molecule has 19 nitrogen and oxygen atoms in total. The molecule has 0 spiro atoms. The summed E-state index contributed by atoms with van der Waals surface area (Å²) in [5, 5.41) is 2.57. The number of benzene rings is 1. The fraction of sp³-hybridized carbons (Fsp3) is 0.694. The van der Waals surface area contributed by atoms with Gasteiger partial charge in [-0.25, -0.2) is 4.99 Å². The van der Waals surface area contributed by atoms with Crippen LogP contribution in [0.25, 0.3) is 0 Å². The van der Waals surface area contributed by atoms with Crippen LogP contribution in [0.4, 0.5) is 0 Å². The highest BCUT2D eigenvalue weighted by atomic mass is 31.2. The largest absolute Gasteiger partial charge is 0.379 e. The number of unbranched alkanes of at least 4 members (excludes halogenated alkanes) is 2. The molecule has 0 aromatic heterocycles. The smallest absolute Gasteiger partial charge is 0.347 e. The predicted octanol–water partition coefficient (Wildman–Crippen LogP) is 3.34. The molecule has 1 aromatic rings. The zero-order valence-corrected chi connectivity index (χ0v) is 43.4. The van der Waals surface area contributed by atoms with Crippen LogP contribution in [0.2, 0.25) is 0 Å². The van der Waals surface area contributed by atoms with Gasteiger partial charge in [-0.05, 0) is 43.1 Å². The minimum atomic E-state index is -4.74. The molecule has 6 amide bonds. The van der Waals surface area contributed by atoms with Gasteiger partial charge in [0.15, 0.2) is 5.96 Å². The number of amides is 6. The van der Waals surface area contributed by atoms with Crippen molar-refractivity contribution >= 4 is 49.0 Å². The Morgan fingerprint density at radius 3 is 2.04 bits per heavy atom. The average molecular weight is 987 g/mol. The number of nitrogens with zero attached hydrogens (tertiary/aromatic N) is 7. The molecule has 0 bridgehead atoms. The number of rotatable bonds is 24. The van der Waals surface area contributed by atoms with Gasteiger partial charge in [0.2, 0.25) is 23.6 Å². The lowest BCUT2D eigenvalue weighted by Crippen LogP contribution is -2.56. The Kier molecular flexibility index (Phi) is 21.9. The lowest BCUT2D eigenvalue weighted by molar-refractivity contribution is -0.146. The summed E-state index contributed by atoms with van der Waals surface area (Å²) in [6.07, 6.45) is 5.26. The highest BCUT2D eigenvalue weighted by Gasteiger charge is 2.44. The van der Waals surface area contributed by atoms with Gasteiger partial charge in [-0.1, -0.05) is 77.8 Å². The Morgan fingerprint density at radius 1 is 0.870 bits per heavy atom. The maximum atomic E-state index is 14.7. The van der Waals surface area contributed by atoms with Crippen molar-refractivity contribution < 1.29 is 52.6 Å². The SMILES string of the molecule is CC[C@H](C)[C@@H]([C@@H](CC(=O)N1CCC[C@H]1[C@H](OC)[C@@H](C)C(=O)N[C@@H](Cc1ccccc1)P(=O)(O)O)OC)N(C)C(=O)[C@@H](/N=C(/N(C)C)N1CCN(C(=O)CCCCCN2C(=O)C=CC2=O)CC1)C(C)C. The van der Waals surface area contributed by atoms with E-state index in [4.69, 9.17) is 14.5 Å². The molecular weight excluding hydrogens is 908 g/mol. The maximum absolute atomic E-state index is 14.7. The minimum Gasteiger partial charge on any atom is -0.379 e. The van der Waals surface area contributed by atoms with Gasteiger partial charge in [-0.2, -0.15) is 0 Å². The summed E-state index contributed by atoms with van der Waals surface area (Å²) in [6, 6.07) is 7.00. The first kappa shape index (κ1) is 56.9. The molecule has 0 radical (unpaired) electrons. The second-order valence-corrected chi connectivity index (χ2v) is 21.0. The molecule has 4 rings (SSSR count). The van der Waals surface area contributed by atoms with Crippen molar-refractivity contribution in [3.05, 3.63) is 48.0 Å². The number of imide groups is 1. The minimum absolute atomic E-state index is 0.0477. The van der Waals surface area contributed by atoms with Gasteiger partial charge in [0.05, 0.1) is 36.6 Å². The first-order valence-corrected chi connectivity index (χ1v) is 26.2. The summed E-state index contributed by atoms with van der Waals surface area (Å²) in [7, 11) is 3.77. The van der Waals surface area contributed by atoms with Crippen molar-refractivity contribution in [3.8, 4) is 0 Å². The number of ether oxygens (including phenoxy) is 2. The summed E-state index contributed by atoms with van der Waals surface area (Å²) < 4.78 is 24.5. The Bertz CT molecular complexity index is 1990. The maximum Gasteiger partial charge on any atom is 0.347 e. The monoisotopic (exact) mass is 987 g/mol. The van der Waals surface area contributed by atoms with Crippen LogP contribution < -0.4 is 5.32 Å². The standard InChI is InChI=1S/C49H79N8O11P/c1-11-34(4)45(38(67-9)32-43(61)56-26-18-21-37(56)46(68-10)35(5)47(62)50-39(69(64,65)66)31-36-19-14-12-15-20-36)53(8)48(63)44(33(2)3)51-49(52(6)7)55-29-27-54(28-30-55)40(58)22-16-13-17-25-57-41(59)23-24-42(57)60/h12,14-15,19-20,23-24,33-35,37-39,44-46H,11,13,16-18,21-22,25-32H2,1-10H3,(H,50,62)(H2,64,65,66)/b51-49-/t34-,35+,37-,38+,39+,44-,45-,46+/m0/s1. The van der Waals surface area contributed by atoms with Crippen molar-refractivity contribution in [2.24, 2.45) is 22.7 Å². The first-order valence-electron chi connectivity index (χ1n) is 24.5. The fourth-order valence-electron chi connectivity index (χ4n) is 9.68. The van der Waals surface area contributed by atoms with E-state index in [1.54, 1.807) is 54.1 Å². The second kappa shape index (κ2) is 26.5. The molecule has 3 N–H and O–H groups in total. The molecule has 20 heteroatoms. The van der Waals surface area contributed by atoms with Crippen LogP contribution in [0.15, 0.2) is 47.5 Å². The molecule has 8 atom stereocenters. The lowest BCUT2D eigenvalue weighted by atomic mass is 9.89. The molecule has 0 aliphatic carbocycles. The summed E-state index contributed by atoms with van der Waals surface area (Å²) in [4.78, 5) is 115. The van der Waals surface area contributed by atoms with Crippen molar-refractivity contribution in [2.75, 3.05) is 74.6 Å². The highest BCUT2D eigenvalue weighted by molar-refractivity contribution is 7.52. The number of carbonyl (C=O) groups excluding carboxylic acids is 6. The predicted molar refractivity (Wildman–Crippen MR) is 262 cm³/mol. The van der Waals surface area contributed by atoms with Crippen LogP contribution in [0.1, 0.15) is 91.5 Å². The van der Waals surface area contributed by atoms with Crippen LogP contribution in [0.5, 0.6) is 0 Å². The van der Waals surface area contributed by atoms with Crippen LogP contribution in [0, 0.1) is 17.8 Å². The third-order valence-corrected chi connectivity index (χ3v) is 15.0. The second-order valence-electron chi connectivity index (χ2n) is 19.2.